The van der Waals surface area contributed by atoms with Crippen LogP contribution in [0.4, 0.5) is 0 Å². The molecular weight excluding hydrogens is 248 g/mol. The highest BCUT2D eigenvalue weighted by Crippen LogP contribution is 2.16. The van der Waals surface area contributed by atoms with Gasteiger partial charge in [-0.3, -0.25) is 9.69 Å². The summed E-state index contributed by atoms with van der Waals surface area (Å²) in [5.74, 6) is 0.313. The second-order valence-electron chi connectivity index (χ2n) is 5.06. The van der Waals surface area contributed by atoms with Gasteiger partial charge in [0.2, 0.25) is 0 Å². The summed E-state index contributed by atoms with van der Waals surface area (Å²) >= 11 is 0. The number of oxime groups is 1. The van der Waals surface area contributed by atoms with Crippen LogP contribution in [-0.2, 0) is 9.53 Å². The van der Waals surface area contributed by atoms with Gasteiger partial charge in [0.25, 0.3) is 5.91 Å². The topological polar surface area (TPSA) is 91.4 Å². The van der Waals surface area contributed by atoms with Crippen LogP contribution in [0.25, 0.3) is 0 Å². The molecule has 0 aromatic heterocycles. The number of ether oxygens (including phenoxy) is 1. The van der Waals surface area contributed by atoms with Gasteiger partial charge in [-0.1, -0.05) is 5.16 Å². The van der Waals surface area contributed by atoms with Gasteiger partial charge in [0.1, 0.15) is 6.10 Å². The van der Waals surface area contributed by atoms with E-state index in [1.54, 1.807) is 0 Å². The summed E-state index contributed by atoms with van der Waals surface area (Å²) in [5.41, 5.74) is 5.60. The number of hydrogen-bond donors (Lipinski definition) is 2. The van der Waals surface area contributed by atoms with Crippen molar-refractivity contribution in [3.05, 3.63) is 0 Å². The molecule has 2 fully saturated rings. The molecule has 2 aliphatic rings. The molecule has 19 heavy (non-hydrogen) atoms. The van der Waals surface area contributed by atoms with E-state index in [1.165, 1.54) is 0 Å². The van der Waals surface area contributed by atoms with Crippen molar-refractivity contribution in [3.8, 4) is 0 Å². The molecule has 0 spiro atoms. The van der Waals surface area contributed by atoms with Crippen molar-refractivity contribution in [3.63, 3.8) is 0 Å². The Morgan fingerprint density at radius 1 is 1.42 bits per heavy atom. The maximum absolute atomic E-state index is 12.2. The quantitative estimate of drug-likeness (QED) is 0.310. The van der Waals surface area contributed by atoms with E-state index >= 15 is 0 Å². The van der Waals surface area contributed by atoms with Gasteiger partial charge in [-0.2, -0.15) is 0 Å². The molecule has 2 saturated heterocycles. The molecule has 108 valence electrons. The molecule has 1 amide bonds. The highest BCUT2D eigenvalue weighted by atomic mass is 16.5. The Balaban J connectivity index is 1.83. The number of amidine groups is 1. The summed E-state index contributed by atoms with van der Waals surface area (Å²) in [6.07, 6.45) is 1.56. The van der Waals surface area contributed by atoms with Crippen molar-refractivity contribution >= 4 is 11.7 Å². The van der Waals surface area contributed by atoms with E-state index in [0.29, 0.717) is 19.7 Å². The van der Waals surface area contributed by atoms with Crippen LogP contribution in [0.2, 0.25) is 0 Å². The molecule has 2 rings (SSSR count). The number of carbonyl (C=O) groups is 1. The molecule has 7 nitrogen and oxygen atoms in total. The zero-order chi connectivity index (χ0) is 13.8. The molecule has 2 aliphatic heterocycles. The Morgan fingerprint density at radius 2 is 2.11 bits per heavy atom. The average Bonchev–Trinajstić information content (AvgIpc) is 2.99. The van der Waals surface area contributed by atoms with Gasteiger partial charge < -0.3 is 20.6 Å². The summed E-state index contributed by atoms with van der Waals surface area (Å²) in [6.45, 7) is 5.39. The third-order valence-electron chi connectivity index (χ3n) is 3.92. The van der Waals surface area contributed by atoms with Gasteiger partial charge in [0.05, 0.1) is 6.04 Å². The van der Waals surface area contributed by atoms with Crippen LogP contribution in [-0.4, -0.2) is 71.7 Å². The van der Waals surface area contributed by atoms with Gasteiger partial charge in [-0.05, 0) is 19.8 Å². The van der Waals surface area contributed by atoms with E-state index in [4.69, 9.17) is 15.7 Å². The standard InChI is InChI=1S/C12H22N4O3/c1-9(11(13)14-18)15-4-6-16(7-5-15)12(17)10-3-2-8-19-10/h9-10,18H,2-8H2,1H3,(H2,13,14). The van der Waals surface area contributed by atoms with Crippen LogP contribution in [0.15, 0.2) is 5.16 Å². The van der Waals surface area contributed by atoms with Gasteiger partial charge in [0.15, 0.2) is 5.84 Å². The average molecular weight is 270 g/mol. The highest BCUT2D eigenvalue weighted by molar-refractivity contribution is 5.85. The fraction of sp³-hybridized carbons (Fsp3) is 0.833. The maximum atomic E-state index is 12.2. The minimum absolute atomic E-state index is 0.105. The van der Waals surface area contributed by atoms with Crippen molar-refractivity contribution in [2.24, 2.45) is 10.9 Å². The number of hydrogen-bond acceptors (Lipinski definition) is 5. The highest BCUT2D eigenvalue weighted by Gasteiger charge is 2.31. The molecule has 0 saturated carbocycles. The van der Waals surface area contributed by atoms with Crippen LogP contribution < -0.4 is 5.73 Å². The summed E-state index contributed by atoms with van der Waals surface area (Å²) in [4.78, 5) is 16.1. The monoisotopic (exact) mass is 270 g/mol. The molecule has 0 aliphatic carbocycles. The lowest BCUT2D eigenvalue weighted by atomic mass is 10.1. The maximum Gasteiger partial charge on any atom is 0.251 e. The Hall–Kier alpha value is -1.34. The first-order valence-corrected chi connectivity index (χ1v) is 6.75. The molecule has 7 heteroatoms. The second-order valence-corrected chi connectivity index (χ2v) is 5.06. The number of carbonyl (C=O) groups excluding carboxylic acids is 1. The Kier molecular flexibility index (Phi) is 4.60. The number of amides is 1. The van der Waals surface area contributed by atoms with Crippen LogP contribution in [0.5, 0.6) is 0 Å². The third kappa shape index (κ3) is 3.16. The third-order valence-corrected chi connectivity index (χ3v) is 3.92. The first-order valence-electron chi connectivity index (χ1n) is 6.75. The Labute approximate surface area is 113 Å². The smallest absolute Gasteiger partial charge is 0.251 e. The van der Waals surface area contributed by atoms with E-state index in [9.17, 15) is 4.79 Å². The van der Waals surface area contributed by atoms with Crippen molar-refractivity contribution in [1.29, 1.82) is 0 Å². The molecule has 2 unspecified atom stereocenters. The van der Waals surface area contributed by atoms with Crippen LogP contribution >= 0.6 is 0 Å². The summed E-state index contributed by atoms with van der Waals surface area (Å²) in [6, 6.07) is -0.106. The molecule has 0 bridgehead atoms. The van der Waals surface area contributed by atoms with Crippen molar-refractivity contribution in [1.82, 2.24) is 9.80 Å². The van der Waals surface area contributed by atoms with Gasteiger partial charge in [-0.15, -0.1) is 0 Å². The fourth-order valence-corrected chi connectivity index (χ4v) is 2.58. The van der Waals surface area contributed by atoms with E-state index in [0.717, 1.165) is 25.9 Å². The van der Waals surface area contributed by atoms with E-state index in [-0.39, 0.29) is 23.9 Å². The van der Waals surface area contributed by atoms with Crippen molar-refractivity contribution < 1.29 is 14.7 Å². The van der Waals surface area contributed by atoms with Crippen LogP contribution in [0, 0.1) is 0 Å². The summed E-state index contributed by atoms with van der Waals surface area (Å²) < 4.78 is 5.42. The fourth-order valence-electron chi connectivity index (χ4n) is 2.58. The molecule has 0 aromatic rings. The van der Waals surface area contributed by atoms with Crippen LogP contribution in [0.3, 0.4) is 0 Å². The number of nitrogens with zero attached hydrogens (tertiary/aromatic N) is 3. The van der Waals surface area contributed by atoms with Gasteiger partial charge >= 0.3 is 0 Å². The second kappa shape index (κ2) is 6.21. The van der Waals surface area contributed by atoms with E-state index in [1.807, 2.05) is 11.8 Å². The molecule has 2 heterocycles. The normalized spacial score (nSPS) is 27.5. The molecule has 0 radical (unpaired) electrons. The molecule has 0 aromatic carbocycles. The predicted molar refractivity (Wildman–Crippen MR) is 70.0 cm³/mol. The largest absolute Gasteiger partial charge is 0.409 e. The van der Waals surface area contributed by atoms with Crippen molar-refractivity contribution in [2.45, 2.75) is 31.9 Å². The van der Waals surface area contributed by atoms with Crippen molar-refractivity contribution in [2.75, 3.05) is 32.8 Å². The number of rotatable bonds is 3. The molecule has 2 atom stereocenters. The molecule has 3 N–H and O–H groups in total. The zero-order valence-electron chi connectivity index (χ0n) is 11.3. The lowest BCUT2D eigenvalue weighted by Gasteiger charge is -2.38. The molecular formula is C12H22N4O3. The lowest BCUT2D eigenvalue weighted by molar-refractivity contribution is -0.142. The SMILES string of the molecule is CC(C(N)=NO)N1CCN(C(=O)C2CCCO2)CC1. The minimum Gasteiger partial charge on any atom is -0.409 e. The zero-order valence-corrected chi connectivity index (χ0v) is 11.3. The first-order chi connectivity index (χ1) is 9.13. The van der Waals surface area contributed by atoms with Gasteiger partial charge in [0, 0.05) is 32.8 Å². The Morgan fingerprint density at radius 3 is 2.63 bits per heavy atom. The minimum atomic E-state index is -0.243. The van der Waals surface area contributed by atoms with E-state index in [2.05, 4.69) is 10.1 Å². The number of nitrogens with two attached hydrogens (primary N) is 1. The predicted octanol–water partition coefficient (Wildman–Crippen LogP) is -0.555. The van der Waals surface area contributed by atoms with E-state index < -0.39 is 0 Å². The number of piperazine rings is 1. The first kappa shape index (κ1) is 14.1. The van der Waals surface area contributed by atoms with Gasteiger partial charge in [-0.25, -0.2) is 0 Å². The summed E-state index contributed by atoms with van der Waals surface area (Å²) in [5, 5.41) is 11.7. The Bertz CT molecular complexity index is 347. The lowest BCUT2D eigenvalue weighted by Crippen LogP contribution is -2.55. The van der Waals surface area contributed by atoms with Crippen LogP contribution in [0.1, 0.15) is 19.8 Å². The summed E-state index contributed by atoms with van der Waals surface area (Å²) in [7, 11) is 0.